The predicted molar refractivity (Wildman–Crippen MR) is 395 cm³/mol. The number of aliphatic carboxylic acids is 10. The van der Waals surface area contributed by atoms with E-state index in [1.54, 1.807) is 10.9 Å². The van der Waals surface area contributed by atoms with Crippen LogP contribution in [0.15, 0.2) is 151 Å². The lowest BCUT2D eigenvalue weighted by Gasteiger charge is -2.07. The minimum Gasteiger partial charge on any atom is -0.480 e. The minimum atomic E-state index is -1.21. The van der Waals surface area contributed by atoms with E-state index in [4.69, 9.17) is 113 Å². The van der Waals surface area contributed by atoms with Gasteiger partial charge >= 0.3 is 59.7 Å². The van der Waals surface area contributed by atoms with Crippen molar-refractivity contribution in [3.05, 3.63) is 184 Å². The lowest BCUT2D eigenvalue weighted by molar-refractivity contribution is -0.141. The number of carboxylic acid groups (broad SMARTS) is 10. The molecule has 1 aliphatic carbocycles. The standard InChI is InChI=1S/C15H15NO2.C12H14N2O2.C9H10FNO2.C9H11NO2.C6H8N2O2S.C6H11NO2.C4H8N2O3.C4H9NO3.C3H7NO3.C2H5NO2/c16-14(15(17)18)10-11-6-8-13(9-7-11)12-4-2-1-3-5-12;1-14-7-8(6-10(13)12(15)16)9-4-2-3-5-11(9)14;10-7-3-1-6(2-4-7)5-8(11)9(12)13;10-8(9(11)12)6-7-4-2-1-3-5-7;7-5(6(9)10)1-4-2-11-3-8-4;7-5(6(8)9)3-4-1-2-4;5-2(4(8)9)1-3(6)7;1-2(6)3(5)4(7)8;4-2(1-5)3(6)7;3-1-2(4)5/h1-9,14H,10,16H2,(H,17,18);2-5,7,10H,6,13H2,1H3,(H,15,16);1-4,8H,5,11H2,(H,12,13);1-5,8H,6,10H2,(H,11,12);2-3,5H,1,7H2,(H,9,10);4-5H,1-3,7H2,(H,8,9);2H,1,5H2,(H2,6,7)(H,8,9);2-3,6H,5H2,1H3,(H,7,8);2,5H,1,4H2,(H,6,7);1,3H2,(H,4,5)/t14-;10-;2*8-;2*5-;2-;2-,3+;2-;/m000100101./s1. The van der Waals surface area contributed by atoms with Crippen molar-refractivity contribution in [1.29, 1.82) is 0 Å². The van der Waals surface area contributed by atoms with E-state index in [1.165, 1.54) is 55.4 Å². The second-order valence-electron chi connectivity index (χ2n) is 23.3. The summed E-state index contributed by atoms with van der Waals surface area (Å²) in [5.41, 5.74) is 65.4. The molecule has 10 atom stereocenters. The lowest BCUT2D eigenvalue weighted by Crippen LogP contribution is -2.39. The van der Waals surface area contributed by atoms with Crippen LogP contribution in [0, 0.1) is 11.7 Å². The first-order valence-electron chi connectivity index (χ1n) is 32.2. The number of aromatic nitrogens is 2. The summed E-state index contributed by atoms with van der Waals surface area (Å²) in [6.07, 6.45) is 5.26. The van der Waals surface area contributed by atoms with Crippen LogP contribution in [0.5, 0.6) is 0 Å². The fraction of sp³-hybridized carbons (Fsp3) is 0.343. The molecule has 1 fully saturated rings. The van der Waals surface area contributed by atoms with Gasteiger partial charge in [-0.25, -0.2) is 9.37 Å². The number of nitrogens with two attached hydrogens (primary N) is 11. The Morgan fingerprint density at radius 2 is 0.861 bits per heavy atom. The summed E-state index contributed by atoms with van der Waals surface area (Å²) >= 11 is 1.43. The number of halogens is 1. The first kappa shape index (κ1) is 98.9. The van der Waals surface area contributed by atoms with Gasteiger partial charge in [0, 0.05) is 42.4 Å². The van der Waals surface area contributed by atoms with Crippen molar-refractivity contribution >= 4 is 87.8 Å². The van der Waals surface area contributed by atoms with Crippen molar-refractivity contribution in [2.24, 2.45) is 76.0 Å². The highest BCUT2D eigenvalue weighted by molar-refractivity contribution is 7.07. The number of carbonyl (C=O) groups excluding carboxylic acids is 1. The molecule has 0 spiro atoms. The van der Waals surface area contributed by atoms with Crippen LogP contribution in [0.3, 0.4) is 0 Å². The van der Waals surface area contributed by atoms with Gasteiger partial charge in [0.2, 0.25) is 5.91 Å². The summed E-state index contributed by atoms with van der Waals surface area (Å²) in [6.45, 7) is 0.550. The molecule has 36 nitrogen and oxygen atoms in total. The van der Waals surface area contributed by atoms with Gasteiger partial charge in [-0.3, -0.25) is 52.7 Å². The number of carboxylic acids is 10. The van der Waals surface area contributed by atoms with Gasteiger partial charge in [0.1, 0.15) is 60.2 Å². The Labute approximate surface area is 623 Å². The van der Waals surface area contributed by atoms with Crippen LogP contribution in [0.2, 0.25) is 0 Å². The molecule has 0 saturated heterocycles. The highest BCUT2D eigenvalue weighted by Crippen LogP contribution is 2.33. The topological polar surface area (TPSA) is 735 Å². The van der Waals surface area contributed by atoms with Crippen molar-refractivity contribution < 1.29 is 118 Å². The number of para-hydroxylation sites is 1. The summed E-state index contributed by atoms with van der Waals surface area (Å²) in [5, 5.41) is 102. The third-order valence-electron chi connectivity index (χ3n) is 13.9. The second kappa shape index (κ2) is 54.5. The molecule has 1 aliphatic rings. The molecule has 594 valence electrons. The minimum absolute atomic E-state index is 0.218. The van der Waals surface area contributed by atoms with E-state index in [1.807, 2.05) is 127 Å². The summed E-state index contributed by atoms with van der Waals surface area (Å²) in [4.78, 5) is 115. The monoisotopic (exact) mass is 1540 g/mol. The maximum Gasteiger partial charge on any atom is 0.323 e. The normalized spacial score (nSPS) is 13.4. The van der Waals surface area contributed by atoms with Gasteiger partial charge in [-0.1, -0.05) is 128 Å². The number of fused-ring (bicyclic) bond motifs is 1. The van der Waals surface area contributed by atoms with Gasteiger partial charge in [-0.2, -0.15) is 0 Å². The molecule has 34 N–H and O–H groups in total. The number of aryl methyl sites for hydroxylation is 1. The molecule has 1 saturated carbocycles. The average molecular weight is 1540 g/mol. The number of thiazole rings is 1. The van der Waals surface area contributed by atoms with E-state index in [2.05, 4.69) is 16.5 Å². The largest absolute Gasteiger partial charge is 0.480 e. The Morgan fingerprint density at radius 3 is 1.19 bits per heavy atom. The van der Waals surface area contributed by atoms with E-state index in [9.17, 15) is 57.1 Å². The summed E-state index contributed by atoms with van der Waals surface area (Å²) < 4.78 is 14.4. The second-order valence-corrected chi connectivity index (χ2v) is 24.0. The van der Waals surface area contributed by atoms with E-state index in [0.29, 0.717) is 38.0 Å². The Bertz CT molecular complexity index is 3830. The molecule has 7 aromatic rings. The zero-order valence-electron chi connectivity index (χ0n) is 59.0. The molecule has 0 unspecified atom stereocenters. The van der Waals surface area contributed by atoms with Crippen LogP contribution < -0.4 is 63.1 Å². The Morgan fingerprint density at radius 1 is 0.491 bits per heavy atom. The molecule has 8 rings (SSSR count). The third-order valence-corrected chi connectivity index (χ3v) is 14.6. The number of hydrogen-bond acceptors (Lipinski definition) is 25. The van der Waals surface area contributed by atoms with E-state index < -0.39 is 133 Å². The smallest absolute Gasteiger partial charge is 0.323 e. The van der Waals surface area contributed by atoms with Crippen molar-refractivity contribution in [3.63, 3.8) is 0 Å². The maximum atomic E-state index is 12.4. The number of primary amides is 1. The first-order valence-corrected chi connectivity index (χ1v) is 33.1. The third kappa shape index (κ3) is 46.7. The van der Waals surface area contributed by atoms with Crippen molar-refractivity contribution in [3.8, 4) is 11.1 Å². The zero-order chi connectivity index (χ0) is 82.9. The lowest BCUT2D eigenvalue weighted by atomic mass is 10.0. The summed E-state index contributed by atoms with van der Waals surface area (Å²) in [5.74, 6) is -10.8. The fourth-order valence-corrected chi connectivity index (χ4v) is 8.26. The highest BCUT2D eigenvalue weighted by Gasteiger charge is 2.27. The quantitative estimate of drug-likeness (QED) is 0.0312. The van der Waals surface area contributed by atoms with Crippen LogP contribution in [-0.2, 0) is 91.9 Å². The van der Waals surface area contributed by atoms with Gasteiger partial charge in [0.25, 0.3) is 0 Å². The van der Waals surface area contributed by atoms with Crippen LogP contribution in [0.4, 0.5) is 4.39 Å². The Kier molecular flexibility index (Phi) is 49.9. The molecule has 108 heavy (non-hydrogen) atoms. The van der Waals surface area contributed by atoms with Gasteiger partial charge in [0.05, 0.1) is 36.9 Å². The van der Waals surface area contributed by atoms with Gasteiger partial charge in [-0.15, -0.1) is 11.3 Å². The SMILES string of the molecule is C[C@H](O)[C@@H](N)C(=O)O.Cn1cc(C[C@H](N)C(=O)O)c2ccccc21.NC(=O)C[C@@H](N)C(=O)O.NCC(=O)O.N[C@@H](CC1CC1)C(=O)O.N[C@@H](Cc1ccc(-c2ccccc2)cc1)C(=O)O.N[C@@H](Cc1ccc(F)cc1)C(=O)O.N[C@@H](Cc1cscn1)C(=O)O.N[C@H](CO)C(=O)O.N[C@H](Cc1ccccc1)C(=O)O. The van der Waals surface area contributed by atoms with E-state index in [-0.39, 0.29) is 25.2 Å². The van der Waals surface area contributed by atoms with E-state index >= 15 is 0 Å². The van der Waals surface area contributed by atoms with Crippen molar-refractivity contribution in [2.45, 2.75) is 125 Å². The molecule has 0 radical (unpaired) electrons. The van der Waals surface area contributed by atoms with Crippen LogP contribution in [0.25, 0.3) is 22.0 Å². The fourth-order valence-electron chi connectivity index (χ4n) is 7.69. The van der Waals surface area contributed by atoms with Gasteiger partial charge in [-0.05, 0) is 90.1 Å². The molecule has 38 heteroatoms. The molecule has 0 bridgehead atoms. The molecular weight excluding hydrogens is 1440 g/mol. The number of amides is 1. The van der Waals surface area contributed by atoms with Crippen molar-refractivity contribution in [2.75, 3.05) is 13.2 Å². The highest BCUT2D eigenvalue weighted by atomic mass is 32.1. The average Bonchev–Trinajstić information content (AvgIpc) is 1.66. The molecule has 5 aromatic carbocycles. The van der Waals surface area contributed by atoms with Crippen LogP contribution in [0.1, 0.15) is 60.6 Å². The predicted octanol–water partition coefficient (Wildman–Crippen LogP) is -0.369. The van der Waals surface area contributed by atoms with Gasteiger partial charge < -0.3 is 129 Å². The number of rotatable bonds is 27. The Hall–Kier alpha value is -11.1. The number of hydrogen-bond donors (Lipinski definition) is 23. The van der Waals surface area contributed by atoms with Crippen LogP contribution in [-0.4, -0.2) is 210 Å². The number of benzene rings is 5. The van der Waals surface area contributed by atoms with E-state index in [0.717, 1.165) is 50.0 Å². The summed E-state index contributed by atoms with van der Waals surface area (Å²) in [7, 11) is 1.94. The number of aliphatic hydroxyl groups excluding tert-OH is 2. The number of nitrogens with zero attached hydrogens (tertiary/aromatic N) is 2. The summed E-state index contributed by atoms with van der Waals surface area (Å²) in [6, 6.07) is 32.4. The number of aliphatic hydroxyl groups is 2. The first-order chi connectivity index (χ1) is 50.5. The Balaban J connectivity index is 0. The molecule has 2 aromatic heterocycles. The van der Waals surface area contributed by atoms with Crippen molar-refractivity contribution in [1.82, 2.24) is 9.55 Å². The molecule has 0 aliphatic heterocycles. The van der Waals surface area contributed by atoms with Crippen LogP contribution >= 0.6 is 11.3 Å². The molecule has 2 heterocycles. The molecule has 1 amide bonds. The molecular formula is C70H98FN13O23S. The zero-order valence-corrected chi connectivity index (χ0v) is 59.8. The van der Waals surface area contributed by atoms with Gasteiger partial charge in [0.15, 0.2) is 0 Å². The maximum absolute atomic E-state index is 12.4. The number of carbonyl (C=O) groups is 11.